The van der Waals surface area contributed by atoms with Gasteiger partial charge in [0.15, 0.2) is 0 Å². The van der Waals surface area contributed by atoms with Gasteiger partial charge in [-0.3, -0.25) is 4.57 Å². The topological polar surface area (TPSA) is 34.9 Å². The molecule has 0 aliphatic rings. The van der Waals surface area contributed by atoms with Crippen LogP contribution in [-0.4, -0.2) is 15.4 Å². The summed E-state index contributed by atoms with van der Waals surface area (Å²) < 4.78 is 1.56. The highest BCUT2D eigenvalue weighted by atomic mass is 35.5. The van der Waals surface area contributed by atoms with Crippen LogP contribution in [0.15, 0.2) is 23.3 Å². The Kier molecular flexibility index (Phi) is 3.29. The van der Waals surface area contributed by atoms with Crippen molar-refractivity contribution < 1.29 is 0 Å². The highest BCUT2D eigenvalue weighted by Crippen LogP contribution is 1.99. The molecule has 1 aromatic rings. The molecular weight excluding hydrogens is 176 g/mol. The van der Waals surface area contributed by atoms with Gasteiger partial charge in [0, 0.05) is 24.8 Å². The van der Waals surface area contributed by atoms with Crippen molar-refractivity contribution in [2.75, 3.05) is 5.88 Å². The summed E-state index contributed by atoms with van der Waals surface area (Å²) in [6, 6.07) is 1.74. The van der Waals surface area contributed by atoms with Crippen LogP contribution in [0.5, 0.6) is 0 Å². The normalized spacial score (nSPS) is 12.8. The molecule has 0 fully saturated rings. The first-order chi connectivity index (χ1) is 5.74. The molecule has 0 radical (unpaired) electrons. The average Bonchev–Trinajstić information content (AvgIpc) is 2.09. The van der Waals surface area contributed by atoms with E-state index in [-0.39, 0.29) is 5.69 Å². The lowest BCUT2D eigenvalue weighted by Crippen LogP contribution is -2.24. The van der Waals surface area contributed by atoms with Crippen LogP contribution in [0.2, 0.25) is 0 Å². The summed E-state index contributed by atoms with van der Waals surface area (Å²) in [4.78, 5) is 14.7. The SMILES string of the molecule is CC(CCl)Cn1cccnc1=O. The molecule has 66 valence electrons. The van der Waals surface area contributed by atoms with Crippen LogP contribution in [0.3, 0.4) is 0 Å². The monoisotopic (exact) mass is 186 g/mol. The van der Waals surface area contributed by atoms with Crippen molar-refractivity contribution in [2.24, 2.45) is 5.92 Å². The van der Waals surface area contributed by atoms with Crippen molar-refractivity contribution in [2.45, 2.75) is 13.5 Å². The van der Waals surface area contributed by atoms with E-state index in [1.807, 2.05) is 6.92 Å². The fourth-order valence-corrected chi connectivity index (χ4v) is 1.01. The molecule has 0 bridgehead atoms. The standard InChI is InChI=1S/C8H11ClN2O/c1-7(5-9)6-11-4-2-3-10-8(11)12/h2-4,7H,5-6H2,1H3. The molecule has 0 saturated heterocycles. The highest BCUT2D eigenvalue weighted by molar-refractivity contribution is 6.18. The fourth-order valence-electron chi connectivity index (χ4n) is 0.911. The van der Waals surface area contributed by atoms with E-state index in [0.717, 1.165) is 0 Å². The molecule has 0 spiro atoms. The van der Waals surface area contributed by atoms with Gasteiger partial charge >= 0.3 is 5.69 Å². The van der Waals surface area contributed by atoms with E-state index in [1.54, 1.807) is 16.8 Å². The molecule has 1 rings (SSSR count). The number of nitrogens with zero attached hydrogens (tertiary/aromatic N) is 2. The lowest BCUT2D eigenvalue weighted by atomic mass is 10.2. The number of hydrogen-bond donors (Lipinski definition) is 0. The maximum atomic E-state index is 11.1. The third kappa shape index (κ3) is 2.34. The van der Waals surface area contributed by atoms with Crippen molar-refractivity contribution in [3.63, 3.8) is 0 Å². The van der Waals surface area contributed by atoms with Crippen molar-refractivity contribution in [1.29, 1.82) is 0 Å². The van der Waals surface area contributed by atoms with Gasteiger partial charge in [-0.15, -0.1) is 11.6 Å². The van der Waals surface area contributed by atoms with E-state index in [0.29, 0.717) is 18.3 Å². The second kappa shape index (κ2) is 4.26. The summed E-state index contributed by atoms with van der Waals surface area (Å²) in [6.45, 7) is 2.63. The van der Waals surface area contributed by atoms with Crippen molar-refractivity contribution in [3.05, 3.63) is 28.9 Å². The van der Waals surface area contributed by atoms with E-state index in [9.17, 15) is 4.79 Å². The summed E-state index contributed by atoms with van der Waals surface area (Å²) in [7, 11) is 0. The zero-order valence-electron chi connectivity index (χ0n) is 6.90. The lowest BCUT2D eigenvalue weighted by Gasteiger charge is -2.08. The van der Waals surface area contributed by atoms with Crippen molar-refractivity contribution in [3.8, 4) is 0 Å². The average molecular weight is 187 g/mol. The molecule has 0 amide bonds. The first-order valence-corrected chi connectivity index (χ1v) is 4.35. The number of aromatic nitrogens is 2. The molecule has 0 aromatic carbocycles. The highest BCUT2D eigenvalue weighted by Gasteiger charge is 2.01. The maximum Gasteiger partial charge on any atom is 0.347 e. The van der Waals surface area contributed by atoms with Crippen LogP contribution in [0, 0.1) is 5.92 Å². The van der Waals surface area contributed by atoms with Gasteiger partial charge in [-0.25, -0.2) is 9.78 Å². The summed E-state index contributed by atoms with van der Waals surface area (Å²) in [5, 5.41) is 0. The van der Waals surface area contributed by atoms with Gasteiger partial charge in [0.1, 0.15) is 0 Å². The van der Waals surface area contributed by atoms with E-state index in [2.05, 4.69) is 4.98 Å². The lowest BCUT2D eigenvalue weighted by molar-refractivity contribution is 0.507. The van der Waals surface area contributed by atoms with E-state index in [1.165, 1.54) is 6.20 Å². The molecule has 1 atom stereocenters. The van der Waals surface area contributed by atoms with Crippen LogP contribution in [-0.2, 0) is 6.54 Å². The second-order valence-electron chi connectivity index (χ2n) is 2.81. The second-order valence-corrected chi connectivity index (χ2v) is 3.12. The minimum Gasteiger partial charge on any atom is -0.299 e. The molecular formula is C8H11ClN2O. The molecule has 4 heteroatoms. The largest absolute Gasteiger partial charge is 0.347 e. The Balaban J connectivity index is 2.76. The van der Waals surface area contributed by atoms with Crippen LogP contribution < -0.4 is 5.69 Å². The fraction of sp³-hybridized carbons (Fsp3) is 0.500. The molecule has 1 aromatic heterocycles. The predicted molar refractivity (Wildman–Crippen MR) is 48.4 cm³/mol. The Hall–Kier alpha value is -0.830. The minimum absolute atomic E-state index is 0.213. The smallest absolute Gasteiger partial charge is 0.299 e. The van der Waals surface area contributed by atoms with E-state index < -0.39 is 0 Å². The summed E-state index contributed by atoms with van der Waals surface area (Å²) in [5.41, 5.74) is -0.213. The first-order valence-electron chi connectivity index (χ1n) is 3.81. The van der Waals surface area contributed by atoms with Gasteiger partial charge in [-0.2, -0.15) is 0 Å². The van der Waals surface area contributed by atoms with Crippen LogP contribution in [0.25, 0.3) is 0 Å². The quantitative estimate of drug-likeness (QED) is 0.664. The van der Waals surface area contributed by atoms with Gasteiger partial charge in [0.2, 0.25) is 0 Å². The molecule has 0 aliphatic heterocycles. The number of rotatable bonds is 3. The number of alkyl halides is 1. The third-order valence-electron chi connectivity index (χ3n) is 1.55. The van der Waals surface area contributed by atoms with E-state index in [4.69, 9.17) is 11.6 Å². The maximum absolute atomic E-state index is 11.1. The molecule has 1 unspecified atom stereocenters. The third-order valence-corrected chi connectivity index (χ3v) is 2.08. The van der Waals surface area contributed by atoms with E-state index >= 15 is 0 Å². The Bertz CT molecular complexity index is 297. The Morgan fingerprint density at radius 3 is 3.08 bits per heavy atom. The van der Waals surface area contributed by atoms with Gasteiger partial charge in [-0.1, -0.05) is 6.92 Å². The number of hydrogen-bond acceptors (Lipinski definition) is 2. The Morgan fingerprint density at radius 2 is 2.50 bits per heavy atom. The molecule has 1 heterocycles. The molecule has 12 heavy (non-hydrogen) atoms. The molecule has 3 nitrogen and oxygen atoms in total. The summed E-state index contributed by atoms with van der Waals surface area (Å²) >= 11 is 5.62. The van der Waals surface area contributed by atoms with Crippen molar-refractivity contribution in [1.82, 2.24) is 9.55 Å². The molecule has 0 aliphatic carbocycles. The number of halogens is 1. The first kappa shape index (κ1) is 9.26. The van der Waals surface area contributed by atoms with Crippen LogP contribution in [0.4, 0.5) is 0 Å². The van der Waals surface area contributed by atoms with Gasteiger partial charge in [0.25, 0.3) is 0 Å². The zero-order chi connectivity index (χ0) is 8.97. The summed E-state index contributed by atoms with van der Waals surface area (Å²) in [5.74, 6) is 0.856. The van der Waals surface area contributed by atoms with Gasteiger partial charge in [-0.05, 0) is 12.0 Å². The molecule has 0 N–H and O–H groups in total. The van der Waals surface area contributed by atoms with Crippen LogP contribution >= 0.6 is 11.6 Å². The minimum atomic E-state index is -0.213. The Morgan fingerprint density at radius 1 is 1.75 bits per heavy atom. The van der Waals surface area contributed by atoms with Crippen molar-refractivity contribution >= 4 is 11.6 Å². The van der Waals surface area contributed by atoms with Crippen LogP contribution in [0.1, 0.15) is 6.92 Å². The predicted octanol–water partition coefficient (Wildman–Crippen LogP) is 1.12. The molecule has 0 saturated carbocycles. The van der Waals surface area contributed by atoms with Gasteiger partial charge < -0.3 is 0 Å². The zero-order valence-corrected chi connectivity index (χ0v) is 7.66. The van der Waals surface area contributed by atoms with Gasteiger partial charge in [0.05, 0.1) is 0 Å². The Labute approximate surface area is 76.0 Å². The summed E-state index contributed by atoms with van der Waals surface area (Å²) in [6.07, 6.45) is 3.21.